The first-order valence-electron chi connectivity index (χ1n) is 12.9. The van der Waals surface area contributed by atoms with E-state index in [1.165, 1.54) is 0 Å². The molecular weight excluding hydrogens is 504 g/mol. The third-order valence-electron chi connectivity index (χ3n) is 6.49. The number of benzene rings is 3. The van der Waals surface area contributed by atoms with E-state index in [4.69, 9.17) is 14.6 Å². The Morgan fingerprint density at radius 2 is 1.77 bits per heavy atom. The molecule has 0 saturated heterocycles. The van der Waals surface area contributed by atoms with E-state index in [-0.39, 0.29) is 19.2 Å². The lowest BCUT2D eigenvalue weighted by molar-refractivity contribution is 0.0385. The molecule has 0 aliphatic carbocycles. The molecule has 0 amide bonds. The lowest BCUT2D eigenvalue weighted by atomic mass is 10.1. The van der Waals surface area contributed by atoms with Crippen molar-refractivity contribution in [2.24, 2.45) is 0 Å². The maximum Gasteiger partial charge on any atom is 0.338 e. The van der Waals surface area contributed by atoms with Gasteiger partial charge >= 0.3 is 5.97 Å². The highest BCUT2D eigenvalue weighted by Gasteiger charge is 2.11. The van der Waals surface area contributed by atoms with E-state index in [1.54, 1.807) is 30.5 Å². The van der Waals surface area contributed by atoms with Crippen molar-refractivity contribution >= 4 is 33.7 Å². The number of fused-ring (bicyclic) bond motifs is 2. The molecule has 40 heavy (non-hydrogen) atoms. The Labute approximate surface area is 230 Å². The number of nitrogens with zero attached hydrogens (tertiary/aromatic N) is 5. The number of esters is 1. The summed E-state index contributed by atoms with van der Waals surface area (Å²) >= 11 is 0. The molecule has 9 nitrogen and oxygen atoms in total. The van der Waals surface area contributed by atoms with Crippen LogP contribution in [0, 0.1) is 6.92 Å². The van der Waals surface area contributed by atoms with Gasteiger partial charge in [0, 0.05) is 17.1 Å². The third kappa shape index (κ3) is 5.50. The lowest BCUT2D eigenvalue weighted by Crippen LogP contribution is -2.13. The summed E-state index contributed by atoms with van der Waals surface area (Å²) in [5.74, 6) is -0.375. The Hall–Kier alpha value is -5.15. The van der Waals surface area contributed by atoms with Crippen LogP contribution in [0.5, 0.6) is 0 Å². The van der Waals surface area contributed by atoms with Crippen LogP contribution >= 0.6 is 0 Å². The summed E-state index contributed by atoms with van der Waals surface area (Å²) in [6.45, 7) is 2.89. The van der Waals surface area contributed by atoms with Crippen LogP contribution in [-0.2, 0) is 16.1 Å². The van der Waals surface area contributed by atoms with Gasteiger partial charge in [-0.05, 0) is 72.6 Å². The Bertz CT molecular complexity index is 1800. The minimum absolute atomic E-state index is 0.138. The van der Waals surface area contributed by atoms with Gasteiger partial charge in [0.25, 0.3) is 0 Å². The molecule has 0 aliphatic heterocycles. The van der Waals surface area contributed by atoms with Gasteiger partial charge in [0.1, 0.15) is 18.7 Å². The molecule has 0 bridgehead atoms. The number of carbonyl (C=O) groups is 1. The Morgan fingerprint density at radius 3 is 2.65 bits per heavy atom. The molecule has 198 valence electrons. The number of pyridine rings is 2. The van der Waals surface area contributed by atoms with Crippen LogP contribution in [0.3, 0.4) is 0 Å². The third-order valence-corrected chi connectivity index (χ3v) is 6.49. The van der Waals surface area contributed by atoms with E-state index in [0.29, 0.717) is 12.1 Å². The number of hydrogen-bond acceptors (Lipinski definition) is 8. The molecule has 0 saturated carbocycles. The van der Waals surface area contributed by atoms with Gasteiger partial charge in [-0.2, -0.15) is 0 Å². The average molecular weight is 531 g/mol. The Balaban J connectivity index is 1.10. The van der Waals surface area contributed by atoms with Gasteiger partial charge in [-0.1, -0.05) is 41.6 Å². The first-order chi connectivity index (χ1) is 19.6. The number of carbonyl (C=O) groups excluding carboxylic acids is 1. The molecule has 0 spiro atoms. The maximum atomic E-state index is 12.0. The van der Waals surface area contributed by atoms with E-state index in [1.807, 2.05) is 66.2 Å². The van der Waals surface area contributed by atoms with Crippen molar-refractivity contribution < 1.29 is 14.4 Å². The molecule has 3 aromatic heterocycles. The second-order valence-corrected chi connectivity index (χ2v) is 9.30. The molecule has 0 fully saturated rings. The summed E-state index contributed by atoms with van der Waals surface area (Å²) < 4.78 is 7.06. The summed E-state index contributed by atoms with van der Waals surface area (Å²) in [6.07, 6.45) is 1.79. The predicted octanol–water partition coefficient (Wildman–Crippen LogP) is 5.60. The van der Waals surface area contributed by atoms with Crippen LogP contribution in [0.1, 0.15) is 21.5 Å². The molecule has 3 heterocycles. The number of aryl methyl sites for hydroxylation is 1. The molecule has 0 radical (unpaired) electrons. The molecule has 9 heteroatoms. The molecule has 6 rings (SSSR count). The summed E-state index contributed by atoms with van der Waals surface area (Å²) in [6, 6.07) is 28.9. The Morgan fingerprint density at radius 1 is 0.900 bits per heavy atom. The van der Waals surface area contributed by atoms with Gasteiger partial charge < -0.3 is 4.74 Å². The minimum Gasteiger partial charge on any atom is -0.460 e. The van der Waals surface area contributed by atoms with Crippen molar-refractivity contribution in [3.05, 3.63) is 114 Å². The van der Waals surface area contributed by atoms with Gasteiger partial charge in [0.15, 0.2) is 5.65 Å². The maximum absolute atomic E-state index is 12.0. The smallest absolute Gasteiger partial charge is 0.338 e. The van der Waals surface area contributed by atoms with Gasteiger partial charge in [0.2, 0.25) is 0 Å². The monoisotopic (exact) mass is 530 g/mol. The number of nitrogens with one attached hydrogen (secondary N) is 1. The zero-order valence-corrected chi connectivity index (χ0v) is 21.8. The normalized spacial score (nSPS) is 11.1. The Kier molecular flexibility index (Phi) is 7.11. The zero-order valence-electron chi connectivity index (χ0n) is 21.8. The second kappa shape index (κ2) is 11.3. The van der Waals surface area contributed by atoms with Crippen molar-refractivity contribution in [1.82, 2.24) is 25.0 Å². The van der Waals surface area contributed by atoms with E-state index in [0.717, 1.165) is 50.1 Å². The van der Waals surface area contributed by atoms with Crippen LogP contribution in [-0.4, -0.2) is 44.1 Å². The van der Waals surface area contributed by atoms with Crippen molar-refractivity contribution in [1.29, 1.82) is 0 Å². The summed E-state index contributed by atoms with van der Waals surface area (Å²) in [5.41, 5.74) is 10.6. The minimum atomic E-state index is -0.375. The van der Waals surface area contributed by atoms with E-state index >= 15 is 0 Å². The number of rotatable bonds is 9. The van der Waals surface area contributed by atoms with E-state index < -0.39 is 0 Å². The van der Waals surface area contributed by atoms with Crippen LogP contribution in [0.4, 0.5) is 5.69 Å². The van der Waals surface area contributed by atoms with Crippen LogP contribution in [0.2, 0.25) is 0 Å². The summed E-state index contributed by atoms with van der Waals surface area (Å²) in [7, 11) is 0. The van der Waals surface area contributed by atoms with Gasteiger partial charge in [-0.15, -0.1) is 5.10 Å². The highest BCUT2D eigenvalue weighted by Crippen LogP contribution is 2.25. The topological polar surface area (TPSA) is 104 Å². The average Bonchev–Trinajstić information content (AvgIpc) is 3.39. The molecular formula is C31H26N6O3. The molecule has 0 atom stereocenters. The molecule has 0 aliphatic rings. The lowest BCUT2D eigenvalue weighted by Gasteiger charge is -2.12. The quantitative estimate of drug-likeness (QED) is 0.146. The first kappa shape index (κ1) is 25.1. The zero-order chi connectivity index (χ0) is 27.3. The standard InChI is InChI=1S/C31H26N6O3/c1-21-18-25(10-12-26(21)35-40-17-16-39-31(38)23-6-3-2-4-7-23)28-13-14-29-30(33-28)37(36-34-29)20-22-9-11-27-24(19-22)8-5-15-32-27/h2-15,18-19,35H,16-17,20H2,1H3. The number of aromatic nitrogens is 5. The first-order valence-corrected chi connectivity index (χ1v) is 12.9. The fourth-order valence-corrected chi connectivity index (χ4v) is 4.42. The number of anilines is 1. The van der Waals surface area contributed by atoms with Crippen molar-refractivity contribution in [3.63, 3.8) is 0 Å². The van der Waals surface area contributed by atoms with Gasteiger partial charge in [-0.25, -0.2) is 14.5 Å². The van der Waals surface area contributed by atoms with Crippen LogP contribution < -0.4 is 5.48 Å². The van der Waals surface area contributed by atoms with Crippen LogP contribution in [0.25, 0.3) is 33.3 Å². The largest absolute Gasteiger partial charge is 0.460 e. The van der Waals surface area contributed by atoms with E-state index in [9.17, 15) is 4.79 Å². The SMILES string of the molecule is Cc1cc(-c2ccc3nnn(Cc4ccc5ncccc5c4)c3n2)ccc1NOCCOC(=O)c1ccccc1. The van der Waals surface area contributed by atoms with Crippen LogP contribution in [0.15, 0.2) is 97.2 Å². The second-order valence-electron chi connectivity index (χ2n) is 9.30. The highest BCUT2D eigenvalue weighted by atomic mass is 16.7. The fraction of sp³-hybridized carbons (Fsp3) is 0.129. The molecule has 6 aromatic rings. The molecule has 0 unspecified atom stereocenters. The number of ether oxygens (including phenoxy) is 1. The van der Waals surface area contributed by atoms with Gasteiger partial charge in [-0.3, -0.25) is 15.3 Å². The van der Waals surface area contributed by atoms with Crippen molar-refractivity contribution in [3.8, 4) is 11.3 Å². The fourth-order valence-electron chi connectivity index (χ4n) is 4.42. The highest BCUT2D eigenvalue weighted by molar-refractivity contribution is 5.89. The van der Waals surface area contributed by atoms with Crippen molar-refractivity contribution in [2.45, 2.75) is 13.5 Å². The molecule has 3 aromatic carbocycles. The summed E-state index contributed by atoms with van der Waals surface area (Å²) in [4.78, 5) is 26.8. The number of hydrogen-bond donors (Lipinski definition) is 1. The van der Waals surface area contributed by atoms with Gasteiger partial charge in [0.05, 0.1) is 29.0 Å². The predicted molar refractivity (Wildman–Crippen MR) is 153 cm³/mol. The van der Waals surface area contributed by atoms with E-state index in [2.05, 4.69) is 32.9 Å². The van der Waals surface area contributed by atoms with Crippen molar-refractivity contribution in [2.75, 3.05) is 18.7 Å². The molecule has 1 N–H and O–H groups in total. The summed E-state index contributed by atoms with van der Waals surface area (Å²) in [5, 5.41) is 9.73.